The number of halogens is 1. The van der Waals surface area contributed by atoms with Crippen LogP contribution in [0.1, 0.15) is 29.5 Å². The lowest BCUT2D eigenvalue weighted by Gasteiger charge is -2.37. The smallest absolute Gasteiger partial charge is 0.275 e. The lowest BCUT2D eigenvalue weighted by molar-refractivity contribution is -0.385. The molecule has 26 heavy (non-hydrogen) atoms. The Kier molecular flexibility index (Phi) is 3.88. The van der Waals surface area contributed by atoms with Crippen LogP contribution in [0.25, 0.3) is 0 Å². The fourth-order valence-electron chi connectivity index (χ4n) is 3.95. The third-order valence-electron chi connectivity index (χ3n) is 5.11. The molecule has 0 spiro atoms. The van der Waals surface area contributed by atoms with E-state index in [4.69, 9.17) is 11.6 Å². The van der Waals surface area contributed by atoms with E-state index in [0.717, 1.165) is 12.0 Å². The number of hydrogen-bond acceptors (Lipinski definition) is 5. The van der Waals surface area contributed by atoms with Gasteiger partial charge in [-0.3, -0.25) is 20.2 Å². The average molecular weight is 372 g/mol. The maximum absolute atomic E-state index is 11.5. The predicted molar refractivity (Wildman–Crippen MR) is 97.6 cm³/mol. The largest absolute Gasteiger partial charge is 0.376 e. The molecule has 0 radical (unpaired) electrons. The Morgan fingerprint density at radius 1 is 1.04 bits per heavy atom. The van der Waals surface area contributed by atoms with Crippen LogP contribution in [-0.4, -0.2) is 9.85 Å². The van der Waals surface area contributed by atoms with E-state index in [1.807, 2.05) is 12.2 Å². The lowest BCUT2D eigenvalue weighted by atomic mass is 9.76. The molecule has 2 aromatic rings. The van der Waals surface area contributed by atoms with E-state index >= 15 is 0 Å². The van der Waals surface area contributed by atoms with Gasteiger partial charge in [0.1, 0.15) is 0 Å². The number of nitrogens with one attached hydrogen (secondary N) is 1. The SMILES string of the molecule is O=[N+]([O-])c1ccc([C@@H]2Nc3c(Cl)ccc([N+](=O)[O-])c3[C@H]3C=CC[C@@H]32)cc1. The number of non-ortho nitro benzene ring substituents is 1. The molecule has 132 valence electrons. The van der Waals surface area contributed by atoms with Crippen molar-refractivity contribution >= 4 is 28.7 Å². The quantitative estimate of drug-likeness (QED) is 0.466. The first-order valence-electron chi connectivity index (χ1n) is 8.11. The normalized spacial score (nSPS) is 23.0. The highest BCUT2D eigenvalue weighted by Gasteiger charge is 2.42. The molecule has 0 amide bonds. The summed E-state index contributed by atoms with van der Waals surface area (Å²) in [5.41, 5.74) is 2.15. The number of hydrogen-bond donors (Lipinski definition) is 1. The summed E-state index contributed by atoms with van der Waals surface area (Å²) in [4.78, 5) is 21.5. The molecule has 1 heterocycles. The van der Waals surface area contributed by atoms with Crippen LogP contribution >= 0.6 is 11.6 Å². The van der Waals surface area contributed by atoms with Crippen molar-refractivity contribution in [3.05, 3.63) is 84.9 Å². The molecule has 1 aliphatic heterocycles. The van der Waals surface area contributed by atoms with E-state index < -0.39 is 4.92 Å². The monoisotopic (exact) mass is 371 g/mol. The van der Waals surface area contributed by atoms with Gasteiger partial charge >= 0.3 is 0 Å². The van der Waals surface area contributed by atoms with Gasteiger partial charge in [-0.25, -0.2) is 0 Å². The highest BCUT2D eigenvalue weighted by atomic mass is 35.5. The Labute approximate surface area is 153 Å². The van der Waals surface area contributed by atoms with Crippen LogP contribution in [-0.2, 0) is 0 Å². The van der Waals surface area contributed by atoms with Crippen molar-refractivity contribution in [3.63, 3.8) is 0 Å². The number of nitro benzene ring substituents is 2. The summed E-state index contributed by atoms with van der Waals surface area (Å²) in [6.07, 6.45) is 4.78. The lowest BCUT2D eigenvalue weighted by Crippen LogP contribution is -2.29. The molecule has 1 aliphatic carbocycles. The van der Waals surface area contributed by atoms with E-state index in [1.165, 1.54) is 24.3 Å². The third-order valence-corrected chi connectivity index (χ3v) is 5.42. The molecule has 3 atom stereocenters. The van der Waals surface area contributed by atoms with Crippen molar-refractivity contribution in [1.82, 2.24) is 0 Å². The van der Waals surface area contributed by atoms with E-state index in [1.54, 1.807) is 12.1 Å². The summed E-state index contributed by atoms with van der Waals surface area (Å²) in [7, 11) is 0. The number of fused-ring (bicyclic) bond motifs is 3. The molecule has 2 aliphatic rings. The minimum Gasteiger partial charge on any atom is -0.376 e. The molecule has 0 unspecified atom stereocenters. The highest BCUT2D eigenvalue weighted by molar-refractivity contribution is 6.33. The van der Waals surface area contributed by atoms with Crippen LogP contribution in [0.3, 0.4) is 0 Å². The molecule has 0 saturated carbocycles. The molecule has 4 rings (SSSR count). The number of nitro groups is 2. The maximum atomic E-state index is 11.5. The van der Waals surface area contributed by atoms with Crippen LogP contribution in [0.15, 0.2) is 48.6 Å². The number of nitrogens with zero attached hydrogens (tertiary/aromatic N) is 2. The van der Waals surface area contributed by atoms with Gasteiger partial charge in [-0.1, -0.05) is 35.9 Å². The molecule has 0 aromatic heterocycles. The zero-order valence-corrected chi connectivity index (χ0v) is 14.2. The second-order valence-electron chi connectivity index (χ2n) is 6.44. The Bertz CT molecular complexity index is 942. The van der Waals surface area contributed by atoms with Gasteiger partial charge in [-0.05, 0) is 24.0 Å². The summed E-state index contributed by atoms with van der Waals surface area (Å²) in [6, 6.07) is 9.22. The topological polar surface area (TPSA) is 98.3 Å². The van der Waals surface area contributed by atoms with Crippen molar-refractivity contribution in [1.29, 1.82) is 0 Å². The molecule has 0 fully saturated rings. The Balaban J connectivity index is 1.81. The number of anilines is 1. The van der Waals surface area contributed by atoms with Gasteiger partial charge in [0, 0.05) is 24.1 Å². The minimum atomic E-state index is -0.437. The second kappa shape index (κ2) is 6.10. The fraction of sp³-hybridized carbons (Fsp3) is 0.222. The Hall–Kier alpha value is -2.93. The molecule has 2 aromatic carbocycles. The van der Waals surface area contributed by atoms with Crippen LogP contribution < -0.4 is 5.32 Å². The van der Waals surface area contributed by atoms with Gasteiger partial charge < -0.3 is 5.32 Å². The zero-order valence-electron chi connectivity index (χ0n) is 13.5. The number of benzene rings is 2. The van der Waals surface area contributed by atoms with Crippen LogP contribution in [0, 0.1) is 26.1 Å². The standard InChI is InChI=1S/C18H14ClN3O4/c19-14-8-9-15(22(25)26)16-12-2-1-3-13(12)17(20-18(14)16)10-4-6-11(7-5-10)21(23)24/h1-2,4-9,12-13,17,20H,3H2/t12-,13-,17-/m0/s1. The van der Waals surface area contributed by atoms with Gasteiger partial charge in [-0.15, -0.1) is 0 Å². The number of rotatable bonds is 3. The molecule has 0 saturated heterocycles. The molecule has 0 bridgehead atoms. The summed E-state index contributed by atoms with van der Waals surface area (Å²) < 4.78 is 0. The summed E-state index contributed by atoms with van der Waals surface area (Å²) >= 11 is 6.33. The van der Waals surface area contributed by atoms with Gasteiger partial charge in [0.2, 0.25) is 0 Å². The van der Waals surface area contributed by atoms with Gasteiger partial charge in [0.15, 0.2) is 0 Å². The van der Waals surface area contributed by atoms with E-state index in [2.05, 4.69) is 5.32 Å². The van der Waals surface area contributed by atoms with Crippen molar-refractivity contribution in [2.75, 3.05) is 5.32 Å². The average Bonchev–Trinajstić information content (AvgIpc) is 3.11. The Morgan fingerprint density at radius 2 is 1.77 bits per heavy atom. The fourth-order valence-corrected chi connectivity index (χ4v) is 4.17. The van der Waals surface area contributed by atoms with Crippen molar-refractivity contribution < 1.29 is 9.85 Å². The molecule has 8 heteroatoms. The van der Waals surface area contributed by atoms with Crippen LogP contribution in [0.4, 0.5) is 17.1 Å². The molecular weight excluding hydrogens is 358 g/mol. The number of allylic oxidation sites excluding steroid dienone is 2. The third kappa shape index (κ3) is 2.52. The van der Waals surface area contributed by atoms with Gasteiger partial charge in [0.25, 0.3) is 11.4 Å². The van der Waals surface area contributed by atoms with Gasteiger partial charge in [-0.2, -0.15) is 0 Å². The van der Waals surface area contributed by atoms with Crippen molar-refractivity contribution in [2.24, 2.45) is 5.92 Å². The van der Waals surface area contributed by atoms with E-state index in [9.17, 15) is 20.2 Å². The zero-order chi connectivity index (χ0) is 18.4. The maximum Gasteiger partial charge on any atom is 0.275 e. The van der Waals surface area contributed by atoms with Crippen molar-refractivity contribution in [2.45, 2.75) is 18.4 Å². The van der Waals surface area contributed by atoms with Crippen LogP contribution in [0.2, 0.25) is 5.02 Å². The first-order chi connectivity index (χ1) is 12.5. The summed E-state index contributed by atoms with van der Waals surface area (Å²) in [5, 5.41) is 26.1. The molecule has 1 N–H and O–H groups in total. The van der Waals surface area contributed by atoms with Gasteiger partial charge in [0.05, 0.1) is 32.2 Å². The van der Waals surface area contributed by atoms with E-state index in [-0.39, 0.29) is 34.2 Å². The predicted octanol–water partition coefficient (Wildman–Crippen LogP) is 4.98. The Morgan fingerprint density at radius 3 is 2.42 bits per heavy atom. The van der Waals surface area contributed by atoms with Crippen LogP contribution in [0.5, 0.6) is 0 Å². The summed E-state index contributed by atoms with van der Waals surface area (Å²) in [5.74, 6) is -0.0355. The highest BCUT2D eigenvalue weighted by Crippen LogP contribution is 2.54. The van der Waals surface area contributed by atoms with E-state index in [0.29, 0.717) is 16.3 Å². The first kappa shape index (κ1) is 16.5. The molecular formula is C18H14ClN3O4. The minimum absolute atomic E-state index is 0.0275. The molecule has 7 nitrogen and oxygen atoms in total. The summed E-state index contributed by atoms with van der Waals surface area (Å²) in [6.45, 7) is 0. The van der Waals surface area contributed by atoms with Crippen molar-refractivity contribution in [3.8, 4) is 0 Å². The second-order valence-corrected chi connectivity index (χ2v) is 6.84. The first-order valence-corrected chi connectivity index (χ1v) is 8.49.